The molecule has 1 aromatic rings. The van der Waals surface area contributed by atoms with Crippen LogP contribution in [0.25, 0.3) is 0 Å². The molecule has 3 atom stereocenters. The third-order valence-corrected chi connectivity index (χ3v) is 4.39. The second kappa shape index (κ2) is 5.41. The Kier molecular flexibility index (Phi) is 4.08. The molecule has 0 spiro atoms. The van der Waals surface area contributed by atoms with Gasteiger partial charge in [-0.3, -0.25) is 4.90 Å². The highest BCUT2D eigenvalue weighted by Crippen LogP contribution is 2.38. The first-order valence-electron chi connectivity index (χ1n) is 7.05. The summed E-state index contributed by atoms with van der Waals surface area (Å²) in [5, 5.41) is 0. The van der Waals surface area contributed by atoms with Crippen LogP contribution in [-0.2, 0) is 0 Å². The Labute approximate surface area is 111 Å². The fourth-order valence-corrected chi connectivity index (χ4v) is 2.96. The molecule has 0 bridgehead atoms. The van der Waals surface area contributed by atoms with Gasteiger partial charge in [0.15, 0.2) is 0 Å². The fraction of sp³-hybridized carbons (Fsp3) is 0.625. The molecule has 100 valence electrons. The number of nitrogens with two attached hydrogens (primary N) is 1. The van der Waals surface area contributed by atoms with Crippen LogP contribution in [0.3, 0.4) is 0 Å². The lowest BCUT2D eigenvalue weighted by molar-refractivity contribution is 0.149. The molecule has 18 heavy (non-hydrogen) atoms. The quantitative estimate of drug-likeness (QED) is 0.865. The van der Waals surface area contributed by atoms with Gasteiger partial charge in [0.1, 0.15) is 0 Å². The van der Waals surface area contributed by atoms with E-state index in [1.165, 1.54) is 24.0 Å². The van der Waals surface area contributed by atoms with Crippen LogP contribution in [0.5, 0.6) is 0 Å². The number of hydrogen-bond acceptors (Lipinski definition) is 2. The van der Waals surface area contributed by atoms with Gasteiger partial charge in [0.25, 0.3) is 0 Å². The normalized spacial score (nSPS) is 20.8. The molecule has 0 aliphatic heterocycles. The highest BCUT2D eigenvalue weighted by atomic mass is 15.2. The molecule has 0 heterocycles. The first kappa shape index (κ1) is 13.6. The number of rotatable bonds is 5. The second-order valence-corrected chi connectivity index (χ2v) is 5.90. The van der Waals surface area contributed by atoms with Crippen molar-refractivity contribution < 1.29 is 0 Å². The molecule has 0 aromatic heterocycles. The predicted octanol–water partition coefficient (Wildman–Crippen LogP) is 3.11. The number of nitrogens with zero attached hydrogens (tertiary/aromatic N) is 1. The molecular formula is C16H26N2. The monoisotopic (exact) mass is 246 g/mol. The van der Waals surface area contributed by atoms with Crippen molar-refractivity contribution in [3.8, 4) is 0 Å². The molecule has 1 aromatic carbocycles. The van der Waals surface area contributed by atoms with Gasteiger partial charge in [-0.1, -0.05) is 24.3 Å². The summed E-state index contributed by atoms with van der Waals surface area (Å²) in [5.41, 5.74) is 8.97. The fourth-order valence-electron chi connectivity index (χ4n) is 2.96. The highest BCUT2D eigenvalue weighted by Gasteiger charge is 2.35. The SMILES string of the molecule is Cc1ccccc1C(C(C)N)N(C)C(C)C1CC1. The summed E-state index contributed by atoms with van der Waals surface area (Å²) in [6, 6.07) is 9.72. The molecule has 2 N–H and O–H groups in total. The van der Waals surface area contributed by atoms with Crippen molar-refractivity contribution >= 4 is 0 Å². The van der Waals surface area contributed by atoms with Crippen molar-refractivity contribution in [1.82, 2.24) is 4.90 Å². The zero-order valence-corrected chi connectivity index (χ0v) is 12.1. The Morgan fingerprint density at radius 3 is 2.33 bits per heavy atom. The van der Waals surface area contributed by atoms with E-state index in [1.54, 1.807) is 0 Å². The maximum Gasteiger partial charge on any atom is 0.0498 e. The molecular weight excluding hydrogens is 220 g/mol. The van der Waals surface area contributed by atoms with E-state index in [4.69, 9.17) is 5.73 Å². The highest BCUT2D eigenvalue weighted by molar-refractivity contribution is 5.30. The van der Waals surface area contributed by atoms with Crippen molar-refractivity contribution in [1.29, 1.82) is 0 Å². The predicted molar refractivity (Wildman–Crippen MR) is 77.5 cm³/mol. The number of aryl methyl sites for hydroxylation is 1. The summed E-state index contributed by atoms with van der Waals surface area (Å²) in [7, 11) is 2.23. The van der Waals surface area contributed by atoms with Gasteiger partial charge in [0, 0.05) is 18.1 Å². The maximum absolute atomic E-state index is 6.26. The molecule has 0 radical (unpaired) electrons. The Morgan fingerprint density at radius 2 is 1.83 bits per heavy atom. The molecule has 2 heteroatoms. The molecule has 1 aliphatic rings. The van der Waals surface area contributed by atoms with Crippen LogP contribution < -0.4 is 5.73 Å². The molecule has 2 nitrogen and oxygen atoms in total. The topological polar surface area (TPSA) is 29.3 Å². The maximum atomic E-state index is 6.26. The lowest BCUT2D eigenvalue weighted by Gasteiger charge is -2.37. The van der Waals surface area contributed by atoms with Gasteiger partial charge < -0.3 is 5.73 Å². The lowest BCUT2D eigenvalue weighted by atomic mass is 9.94. The zero-order chi connectivity index (χ0) is 13.3. The smallest absolute Gasteiger partial charge is 0.0498 e. The van der Waals surface area contributed by atoms with Gasteiger partial charge >= 0.3 is 0 Å². The van der Waals surface area contributed by atoms with Crippen molar-refractivity contribution in [3.63, 3.8) is 0 Å². The van der Waals surface area contributed by atoms with Crippen molar-refractivity contribution in [2.24, 2.45) is 11.7 Å². The summed E-state index contributed by atoms with van der Waals surface area (Å²) in [4.78, 5) is 2.48. The van der Waals surface area contributed by atoms with Crippen LogP contribution in [0.2, 0.25) is 0 Å². The molecule has 1 aliphatic carbocycles. The average molecular weight is 246 g/mol. The summed E-state index contributed by atoms with van der Waals surface area (Å²) in [5.74, 6) is 0.875. The summed E-state index contributed by atoms with van der Waals surface area (Å²) < 4.78 is 0. The van der Waals surface area contributed by atoms with Crippen LogP contribution in [-0.4, -0.2) is 24.0 Å². The van der Waals surface area contributed by atoms with E-state index in [-0.39, 0.29) is 6.04 Å². The lowest BCUT2D eigenvalue weighted by Crippen LogP contribution is -2.42. The van der Waals surface area contributed by atoms with Crippen LogP contribution in [0.15, 0.2) is 24.3 Å². The van der Waals surface area contributed by atoms with Gasteiger partial charge in [0.05, 0.1) is 0 Å². The summed E-state index contributed by atoms with van der Waals surface area (Å²) in [6.45, 7) is 6.64. The van der Waals surface area contributed by atoms with E-state index in [1.807, 2.05) is 0 Å². The second-order valence-electron chi connectivity index (χ2n) is 5.90. The van der Waals surface area contributed by atoms with E-state index in [0.29, 0.717) is 12.1 Å². The number of likely N-dealkylation sites (N-methyl/N-ethyl adjacent to an activating group) is 1. The first-order valence-corrected chi connectivity index (χ1v) is 7.05. The minimum absolute atomic E-state index is 0.150. The minimum atomic E-state index is 0.150. The molecule has 0 amide bonds. The third kappa shape index (κ3) is 2.76. The van der Waals surface area contributed by atoms with Crippen molar-refractivity contribution in [2.75, 3.05) is 7.05 Å². The van der Waals surface area contributed by atoms with E-state index in [0.717, 1.165) is 5.92 Å². The zero-order valence-electron chi connectivity index (χ0n) is 12.1. The van der Waals surface area contributed by atoms with Gasteiger partial charge in [-0.15, -0.1) is 0 Å². The summed E-state index contributed by atoms with van der Waals surface area (Å²) >= 11 is 0. The molecule has 1 saturated carbocycles. The van der Waals surface area contributed by atoms with E-state index in [2.05, 4.69) is 57.0 Å². The molecule has 3 unspecified atom stereocenters. The average Bonchev–Trinajstić information content (AvgIpc) is 3.14. The number of hydrogen-bond donors (Lipinski definition) is 1. The van der Waals surface area contributed by atoms with Crippen molar-refractivity contribution in [2.45, 2.75) is 51.7 Å². The Hall–Kier alpha value is -0.860. The molecule has 1 fully saturated rings. The van der Waals surface area contributed by atoms with Gasteiger partial charge in [-0.25, -0.2) is 0 Å². The van der Waals surface area contributed by atoms with Crippen LogP contribution in [0.4, 0.5) is 0 Å². The van der Waals surface area contributed by atoms with Gasteiger partial charge in [0.2, 0.25) is 0 Å². The van der Waals surface area contributed by atoms with Gasteiger partial charge in [-0.05, 0) is 57.7 Å². The van der Waals surface area contributed by atoms with Crippen molar-refractivity contribution in [3.05, 3.63) is 35.4 Å². The standard InChI is InChI=1S/C16H26N2/c1-11-7-5-6-8-15(11)16(12(2)17)18(4)13(3)14-9-10-14/h5-8,12-14,16H,9-10,17H2,1-4H3. The Morgan fingerprint density at radius 1 is 1.22 bits per heavy atom. The largest absolute Gasteiger partial charge is 0.326 e. The van der Waals surface area contributed by atoms with E-state index < -0.39 is 0 Å². The first-order chi connectivity index (χ1) is 8.52. The van der Waals surface area contributed by atoms with Crippen LogP contribution >= 0.6 is 0 Å². The molecule has 0 saturated heterocycles. The number of benzene rings is 1. The van der Waals surface area contributed by atoms with Crippen LogP contribution in [0, 0.1) is 12.8 Å². The minimum Gasteiger partial charge on any atom is -0.326 e. The van der Waals surface area contributed by atoms with E-state index in [9.17, 15) is 0 Å². The Bertz CT molecular complexity index is 396. The molecule has 2 rings (SSSR count). The Balaban J connectivity index is 2.25. The van der Waals surface area contributed by atoms with Gasteiger partial charge in [-0.2, -0.15) is 0 Å². The third-order valence-electron chi connectivity index (χ3n) is 4.39. The van der Waals surface area contributed by atoms with E-state index >= 15 is 0 Å². The van der Waals surface area contributed by atoms with Crippen LogP contribution in [0.1, 0.15) is 43.9 Å². The summed E-state index contributed by atoms with van der Waals surface area (Å²) in [6.07, 6.45) is 2.76.